The van der Waals surface area contributed by atoms with Crippen molar-refractivity contribution in [2.24, 2.45) is 5.92 Å². The molecular weight excluding hydrogens is 598 g/mol. The van der Waals surface area contributed by atoms with Crippen LogP contribution in [0.4, 0.5) is 4.79 Å². The van der Waals surface area contributed by atoms with Crippen LogP contribution in [0.5, 0.6) is 5.75 Å². The maximum Gasteiger partial charge on any atom is 0.408 e. The normalized spacial score (nSPS) is 27.7. The molecule has 0 radical (unpaired) electrons. The Morgan fingerprint density at radius 2 is 1.96 bits per heavy atom. The van der Waals surface area contributed by atoms with Crippen LogP contribution in [0.3, 0.4) is 0 Å². The molecule has 5 atom stereocenters. The predicted octanol–water partition coefficient (Wildman–Crippen LogP) is 1.95. The molecule has 0 bridgehead atoms. The zero-order chi connectivity index (χ0) is 33.2. The number of rotatable bonds is 5. The molecule has 46 heavy (non-hydrogen) atoms. The van der Waals surface area contributed by atoms with Crippen LogP contribution in [-0.2, 0) is 19.1 Å². The number of amides is 3. The lowest BCUT2D eigenvalue weighted by Gasteiger charge is -2.30. The summed E-state index contributed by atoms with van der Waals surface area (Å²) < 4.78 is 13.5. The number of methoxy groups -OCH3 is 1. The molecule has 3 N–H and O–H groups in total. The summed E-state index contributed by atoms with van der Waals surface area (Å²) in [6.07, 6.45) is 12.3. The number of aromatic nitrogens is 4. The van der Waals surface area contributed by atoms with Gasteiger partial charge in [0, 0.05) is 31.3 Å². The van der Waals surface area contributed by atoms with Gasteiger partial charge < -0.3 is 30.1 Å². The number of aliphatic carboxylic acids is 1. The molecule has 4 heterocycles. The predicted molar refractivity (Wildman–Crippen MR) is 163 cm³/mol. The highest BCUT2D eigenvalue weighted by molar-refractivity contribution is 5.96. The van der Waals surface area contributed by atoms with Crippen LogP contribution >= 0.6 is 0 Å². The molecule has 0 aromatic carbocycles. The van der Waals surface area contributed by atoms with Crippen molar-refractivity contribution in [1.29, 1.82) is 0 Å². The molecular formula is C31H41N7O8. The first-order valence-electron chi connectivity index (χ1n) is 15.5. The third kappa shape index (κ3) is 6.77. The lowest BCUT2D eigenvalue weighted by atomic mass is 10.0. The fourth-order valence-electron chi connectivity index (χ4n) is 6.19. The van der Waals surface area contributed by atoms with Crippen molar-refractivity contribution in [3.8, 4) is 11.4 Å². The van der Waals surface area contributed by atoms with E-state index in [-0.39, 0.29) is 36.7 Å². The highest BCUT2D eigenvalue weighted by Gasteiger charge is 2.61. The van der Waals surface area contributed by atoms with Crippen LogP contribution in [0, 0.1) is 5.92 Å². The van der Waals surface area contributed by atoms with E-state index < -0.39 is 58.7 Å². The van der Waals surface area contributed by atoms with Gasteiger partial charge in [-0.25, -0.2) is 19.3 Å². The quantitative estimate of drug-likeness (QED) is 0.408. The van der Waals surface area contributed by atoms with Gasteiger partial charge in [-0.3, -0.25) is 19.0 Å². The van der Waals surface area contributed by atoms with Gasteiger partial charge in [0.15, 0.2) is 11.4 Å². The Kier molecular flexibility index (Phi) is 9.22. The zero-order valence-electron chi connectivity index (χ0n) is 26.5. The first kappa shape index (κ1) is 32.7. The first-order valence-corrected chi connectivity index (χ1v) is 15.5. The molecule has 2 aromatic rings. The van der Waals surface area contributed by atoms with Gasteiger partial charge in [0.2, 0.25) is 11.8 Å². The molecule has 1 aliphatic carbocycles. The van der Waals surface area contributed by atoms with Crippen molar-refractivity contribution >= 4 is 23.9 Å². The molecule has 2 aliphatic heterocycles. The number of hydrogen-bond donors (Lipinski definition) is 3. The fourth-order valence-corrected chi connectivity index (χ4v) is 6.19. The minimum atomic E-state index is -1.49. The topological polar surface area (TPSA) is 187 Å². The van der Waals surface area contributed by atoms with E-state index in [1.807, 2.05) is 12.2 Å². The van der Waals surface area contributed by atoms with Gasteiger partial charge in [-0.1, -0.05) is 25.0 Å². The lowest BCUT2D eigenvalue weighted by molar-refractivity contribution is -0.145. The number of alkyl carbamates (subject to hydrolysis) is 1. The maximum atomic E-state index is 14.2. The number of carbonyl (C=O) groups is 4. The number of carbonyl (C=O) groups excluding carboxylic acids is 3. The lowest BCUT2D eigenvalue weighted by Crippen LogP contribution is -2.56. The summed E-state index contributed by atoms with van der Waals surface area (Å²) >= 11 is 0. The Balaban J connectivity index is 1.51. The standard InChI is InChI=1S/C31H41N7O8/c1-30(2,3)46-29(44)34-21-11-9-7-5-6-8-10-19-15-31(19,28(42)43)35-25(39)22-14-20(17-37(22)26(21)40)38-27(41)24(23(45-4)16-33-38)36-13-12-32-18-36/h8,10,12-13,16,18-22H,5-7,9,11,14-15,17H2,1-4H3,(H,34,44)(H,35,39)(H,42,43)/b10-8-/t19-,20+,21-,22-,31+/m0/s1. The van der Waals surface area contributed by atoms with E-state index in [9.17, 15) is 29.1 Å². The average molecular weight is 640 g/mol. The summed E-state index contributed by atoms with van der Waals surface area (Å²) in [4.78, 5) is 72.5. The highest BCUT2D eigenvalue weighted by atomic mass is 16.6. The molecule has 1 saturated carbocycles. The number of carboxylic acid groups (broad SMARTS) is 1. The highest BCUT2D eigenvalue weighted by Crippen LogP contribution is 2.45. The van der Waals surface area contributed by atoms with Crippen LogP contribution in [0.2, 0.25) is 0 Å². The molecule has 15 heteroatoms. The molecule has 1 saturated heterocycles. The molecule has 3 amide bonds. The van der Waals surface area contributed by atoms with Gasteiger partial charge in [-0.15, -0.1) is 0 Å². The van der Waals surface area contributed by atoms with Crippen LogP contribution in [0.15, 0.2) is 41.9 Å². The number of hydrogen-bond acceptors (Lipinski definition) is 9. The third-order valence-electron chi connectivity index (χ3n) is 8.60. The molecule has 2 fully saturated rings. The van der Waals surface area contributed by atoms with E-state index >= 15 is 0 Å². The van der Waals surface area contributed by atoms with Crippen LogP contribution < -0.4 is 20.9 Å². The summed E-state index contributed by atoms with van der Waals surface area (Å²) in [6.45, 7) is 5.05. The van der Waals surface area contributed by atoms with Crippen molar-refractivity contribution < 1.29 is 33.8 Å². The maximum absolute atomic E-state index is 14.2. The number of imidazole rings is 1. The van der Waals surface area contributed by atoms with E-state index in [2.05, 4.69) is 20.7 Å². The van der Waals surface area contributed by atoms with Crippen molar-refractivity contribution in [3.05, 3.63) is 47.4 Å². The molecule has 248 valence electrons. The van der Waals surface area contributed by atoms with Crippen LogP contribution in [-0.4, -0.2) is 90.1 Å². The number of carboxylic acids is 1. The van der Waals surface area contributed by atoms with Gasteiger partial charge in [-0.05, 0) is 46.5 Å². The van der Waals surface area contributed by atoms with Crippen LogP contribution in [0.25, 0.3) is 5.69 Å². The van der Waals surface area contributed by atoms with Crippen molar-refractivity contribution in [3.63, 3.8) is 0 Å². The van der Waals surface area contributed by atoms with Gasteiger partial charge in [-0.2, -0.15) is 5.10 Å². The largest absolute Gasteiger partial charge is 0.493 e. The SMILES string of the molecule is COc1cnn([C@@H]2C[C@H]3C(=O)N[C@]4(C(=O)O)C[C@@H]4/C=C\CCCCC[C@H](NC(=O)OC(C)(C)C)C(=O)N3C2)c(=O)c1-n1ccnc1. The van der Waals surface area contributed by atoms with Crippen molar-refractivity contribution in [2.75, 3.05) is 13.7 Å². The van der Waals surface area contributed by atoms with E-state index in [0.717, 1.165) is 19.3 Å². The van der Waals surface area contributed by atoms with Gasteiger partial charge in [0.05, 0.1) is 25.7 Å². The molecule has 0 unspecified atom stereocenters. The summed E-state index contributed by atoms with van der Waals surface area (Å²) in [5.41, 5.74) is -2.67. The number of fused-ring (bicyclic) bond motifs is 2. The minimum Gasteiger partial charge on any atom is -0.493 e. The minimum absolute atomic E-state index is 0.0183. The van der Waals surface area contributed by atoms with Gasteiger partial charge >= 0.3 is 12.1 Å². The molecule has 5 rings (SSSR count). The van der Waals surface area contributed by atoms with Crippen molar-refractivity contribution in [1.82, 2.24) is 34.9 Å². The Labute approximate surface area is 265 Å². The average Bonchev–Trinajstić information content (AvgIpc) is 3.30. The van der Waals surface area contributed by atoms with Crippen LogP contribution in [0.1, 0.15) is 71.8 Å². The number of nitrogens with one attached hydrogen (secondary N) is 2. The third-order valence-corrected chi connectivity index (χ3v) is 8.60. The molecule has 15 nitrogen and oxygen atoms in total. The van der Waals surface area contributed by atoms with Crippen molar-refractivity contribution in [2.45, 2.75) is 95.0 Å². The zero-order valence-corrected chi connectivity index (χ0v) is 26.5. The fraction of sp³-hybridized carbons (Fsp3) is 0.581. The number of allylic oxidation sites excluding steroid dienone is 1. The number of nitrogens with zero attached hydrogens (tertiary/aromatic N) is 5. The summed E-state index contributed by atoms with van der Waals surface area (Å²) in [5, 5.41) is 19.8. The second kappa shape index (κ2) is 13.0. The van der Waals surface area contributed by atoms with E-state index in [4.69, 9.17) is 9.47 Å². The summed E-state index contributed by atoms with van der Waals surface area (Å²) in [5.74, 6) is -2.52. The Bertz CT molecular complexity index is 1560. The molecule has 3 aliphatic rings. The Hall–Kier alpha value is -4.69. The molecule has 0 spiro atoms. The van der Waals surface area contributed by atoms with E-state index in [0.29, 0.717) is 12.8 Å². The van der Waals surface area contributed by atoms with E-state index in [1.165, 1.54) is 40.0 Å². The van der Waals surface area contributed by atoms with Gasteiger partial charge in [0.25, 0.3) is 5.56 Å². The molecule has 2 aromatic heterocycles. The Morgan fingerprint density at radius 1 is 1.17 bits per heavy atom. The summed E-state index contributed by atoms with van der Waals surface area (Å²) in [7, 11) is 1.41. The Morgan fingerprint density at radius 3 is 2.63 bits per heavy atom. The smallest absolute Gasteiger partial charge is 0.408 e. The second-order valence-corrected chi connectivity index (χ2v) is 13.0. The second-order valence-electron chi connectivity index (χ2n) is 13.0. The van der Waals surface area contributed by atoms with Gasteiger partial charge in [0.1, 0.15) is 23.2 Å². The number of ether oxygens (including phenoxy) is 2. The monoisotopic (exact) mass is 639 g/mol. The van der Waals surface area contributed by atoms with E-state index in [1.54, 1.807) is 27.0 Å². The first-order chi connectivity index (χ1) is 21.8. The summed E-state index contributed by atoms with van der Waals surface area (Å²) in [6, 6.07) is -2.91.